The summed E-state index contributed by atoms with van der Waals surface area (Å²) in [5.74, 6) is 0.191. The molecule has 1 heterocycles. The van der Waals surface area contributed by atoms with Gasteiger partial charge in [-0.1, -0.05) is 23.2 Å². The Balaban J connectivity index is 2.45. The van der Waals surface area contributed by atoms with Crippen LogP contribution in [0.15, 0.2) is 30.6 Å². The van der Waals surface area contributed by atoms with Crippen LogP contribution < -0.4 is 4.74 Å². The van der Waals surface area contributed by atoms with Gasteiger partial charge in [-0.15, -0.1) is 0 Å². The van der Waals surface area contributed by atoms with Crippen molar-refractivity contribution >= 4 is 28.9 Å². The number of pyridine rings is 1. The van der Waals surface area contributed by atoms with Crippen molar-refractivity contribution in [1.29, 1.82) is 5.26 Å². The Kier molecular flexibility index (Phi) is 4.03. The highest BCUT2D eigenvalue weighted by molar-refractivity contribution is 6.37. The summed E-state index contributed by atoms with van der Waals surface area (Å²) in [5.41, 5.74) is -0.00969. The topological polar surface area (TPSA) is 89.0 Å². The average Bonchev–Trinajstić information content (AvgIpc) is 2.42. The van der Waals surface area contributed by atoms with E-state index in [1.165, 1.54) is 18.5 Å². The molecule has 0 unspecified atom stereocenters. The Labute approximate surface area is 123 Å². The highest BCUT2D eigenvalue weighted by Crippen LogP contribution is 2.39. The second-order valence-corrected chi connectivity index (χ2v) is 4.40. The molecule has 0 spiro atoms. The smallest absolute Gasteiger partial charge is 0.272 e. The van der Waals surface area contributed by atoms with Crippen LogP contribution in [-0.4, -0.2) is 9.91 Å². The van der Waals surface area contributed by atoms with E-state index in [4.69, 9.17) is 33.2 Å². The Morgan fingerprint density at radius 1 is 1.35 bits per heavy atom. The van der Waals surface area contributed by atoms with Gasteiger partial charge in [0.05, 0.1) is 26.7 Å². The quantitative estimate of drug-likeness (QED) is 0.632. The third kappa shape index (κ3) is 2.79. The van der Waals surface area contributed by atoms with E-state index in [0.717, 1.165) is 12.1 Å². The van der Waals surface area contributed by atoms with E-state index < -0.39 is 4.92 Å². The van der Waals surface area contributed by atoms with Gasteiger partial charge in [0.25, 0.3) is 5.69 Å². The molecule has 0 radical (unpaired) electrons. The SMILES string of the molecule is N#Cc1ccncc1Oc1c(Cl)cc([N+](=O)[O-])cc1Cl. The maximum absolute atomic E-state index is 10.7. The molecular formula is C12H5Cl2N3O3. The number of nitriles is 1. The number of hydrogen-bond acceptors (Lipinski definition) is 5. The normalized spacial score (nSPS) is 9.85. The first-order valence-corrected chi connectivity index (χ1v) is 5.94. The van der Waals surface area contributed by atoms with Crippen molar-refractivity contribution in [2.45, 2.75) is 0 Å². The fraction of sp³-hybridized carbons (Fsp3) is 0. The molecule has 0 aliphatic rings. The molecule has 0 atom stereocenters. The molecule has 0 saturated heterocycles. The second-order valence-electron chi connectivity index (χ2n) is 3.58. The van der Waals surface area contributed by atoms with Crippen LogP contribution in [-0.2, 0) is 0 Å². The fourth-order valence-corrected chi connectivity index (χ4v) is 1.97. The molecular weight excluding hydrogens is 305 g/mol. The van der Waals surface area contributed by atoms with Gasteiger partial charge < -0.3 is 4.74 Å². The minimum atomic E-state index is -0.619. The maximum atomic E-state index is 10.7. The third-order valence-corrected chi connectivity index (χ3v) is 2.87. The van der Waals surface area contributed by atoms with E-state index in [-0.39, 0.29) is 32.8 Å². The Morgan fingerprint density at radius 2 is 2.00 bits per heavy atom. The largest absolute Gasteiger partial charge is 0.451 e. The predicted molar refractivity (Wildman–Crippen MR) is 72.1 cm³/mol. The molecule has 0 saturated carbocycles. The lowest BCUT2D eigenvalue weighted by Gasteiger charge is -2.09. The number of aromatic nitrogens is 1. The van der Waals surface area contributed by atoms with E-state index in [2.05, 4.69) is 4.98 Å². The van der Waals surface area contributed by atoms with Crippen molar-refractivity contribution < 1.29 is 9.66 Å². The predicted octanol–water partition coefficient (Wildman–Crippen LogP) is 3.96. The standard InChI is InChI=1S/C12H5Cl2N3O3/c13-9-3-8(17(18)19)4-10(14)12(9)20-11-6-16-2-1-7(11)5-15/h1-4,6H. The molecule has 1 aromatic carbocycles. The monoisotopic (exact) mass is 309 g/mol. The van der Waals surface area contributed by atoms with E-state index >= 15 is 0 Å². The van der Waals surface area contributed by atoms with Gasteiger partial charge in [0.2, 0.25) is 0 Å². The number of nitrogens with zero attached hydrogens (tertiary/aromatic N) is 3. The van der Waals surface area contributed by atoms with Crippen molar-refractivity contribution in [2.75, 3.05) is 0 Å². The molecule has 2 rings (SSSR count). The van der Waals surface area contributed by atoms with Gasteiger partial charge in [0.15, 0.2) is 11.5 Å². The summed E-state index contributed by atoms with van der Waals surface area (Å²) in [6.07, 6.45) is 2.76. The van der Waals surface area contributed by atoms with Gasteiger partial charge in [-0.05, 0) is 6.07 Å². The summed E-state index contributed by atoms with van der Waals surface area (Å²) in [6.45, 7) is 0. The number of benzene rings is 1. The molecule has 0 bridgehead atoms. The zero-order valence-electron chi connectivity index (χ0n) is 9.71. The molecule has 0 aliphatic heterocycles. The number of halogens is 2. The van der Waals surface area contributed by atoms with Crippen LogP contribution in [0.5, 0.6) is 11.5 Å². The molecule has 2 aromatic rings. The average molecular weight is 310 g/mol. The highest BCUT2D eigenvalue weighted by atomic mass is 35.5. The number of ether oxygens (including phenoxy) is 1. The number of hydrogen-bond donors (Lipinski definition) is 0. The third-order valence-electron chi connectivity index (χ3n) is 2.31. The van der Waals surface area contributed by atoms with Crippen LogP contribution >= 0.6 is 23.2 Å². The zero-order chi connectivity index (χ0) is 14.7. The molecule has 0 N–H and O–H groups in total. The molecule has 6 nitrogen and oxygen atoms in total. The fourth-order valence-electron chi connectivity index (χ4n) is 1.41. The van der Waals surface area contributed by atoms with Crippen LogP contribution in [0.1, 0.15) is 5.56 Å². The molecule has 1 aromatic heterocycles. The van der Waals surface area contributed by atoms with E-state index in [9.17, 15) is 10.1 Å². The first-order chi connectivity index (χ1) is 9.52. The van der Waals surface area contributed by atoms with Crippen molar-refractivity contribution in [3.63, 3.8) is 0 Å². The number of rotatable bonds is 3. The van der Waals surface area contributed by atoms with Gasteiger partial charge in [0, 0.05) is 18.3 Å². The van der Waals surface area contributed by atoms with Crippen molar-refractivity contribution in [3.8, 4) is 17.6 Å². The number of non-ortho nitro benzene ring substituents is 1. The highest BCUT2D eigenvalue weighted by Gasteiger charge is 2.17. The summed E-state index contributed by atoms with van der Waals surface area (Å²) >= 11 is 11.8. The molecule has 8 heteroatoms. The first-order valence-electron chi connectivity index (χ1n) is 5.18. The molecule has 20 heavy (non-hydrogen) atoms. The Morgan fingerprint density at radius 3 is 2.55 bits per heavy atom. The minimum Gasteiger partial charge on any atom is -0.451 e. The van der Waals surface area contributed by atoms with Gasteiger partial charge >= 0.3 is 0 Å². The van der Waals surface area contributed by atoms with Gasteiger partial charge in [-0.3, -0.25) is 15.1 Å². The molecule has 0 amide bonds. The molecule has 100 valence electrons. The Bertz CT molecular complexity index is 705. The van der Waals surface area contributed by atoms with E-state index in [0.29, 0.717) is 0 Å². The van der Waals surface area contributed by atoms with Crippen LogP contribution in [0.25, 0.3) is 0 Å². The number of nitro groups is 1. The number of nitro benzene ring substituents is 1. The van der Waals surface area contributed by atoms with E-state index in [1.54, 1.807) is 0 Å². The van der Waals surface area contributed by atoms with Crippen LogP contribution in [0.2, 0.25) is 10.0 Å². The minimum absolute atomic E-state index is 0.0306. The lowest BCUT2D eigenvalue weighted by atomic mass is 10.2. The lowest BCUT2D eigenvalue weighted by molar-refractivity contribution is -0.384. The van der Waals surface area contributed by atoms with Crippen LogP contribution in [0, 0.1) is 21.4 Å². The zero-order valence-corrected chi connectivity index (χ0v) is 11.2. The van der Waals surface area contributed by atoms with Gasteiger partial charge in [-0.2, -0.15) is 5.26 Å². The van der Waals surface area contributed by atoms with Crippen LogP contribution in [0.3, 0.4) is 0 Å². The Hall–Kier alpha value is -2.36. The summed E-state index contributed by atoms with van der Waals surface area (Å²) in [4.78, 5) is 13.9. The van der Waals surface area contributed by atoms with Crippen molar-refractivity contribution in [3.05, 3.63) is 56.3 Å². The van der Waals surface area contributed by atoms with E-state index in [1.807, 2.05) is 6.07 Å². The lowest BCUT2D eigenvalue weighted by Crippen LogP contribution is -1.93. The van der Waals surface area contributed by atoms with Gasteiger partial charge in [-0.25, -0.2) is 0 Å². The van der Waals surface area contributed by atoms with Crippen molar-refractivity contribution in [1.82, 2.24) is 4.98 Å². The van der Waals surface area contributed by atoms with Gasteiger partial charge in [0.1, 0.15) is 6.07 Å². The molecule has 0 aliphatic carbocycles. The second kappa shape index (κ2) is 5.74. The summed E-state index contributed by atoms with van der Waals surface area (Å²) in [6, 6.07) is 5.62. The summed E-state index contributed by atoms with van der Waals surface area (Å²) < 4.78 is 5.43. The summed E-state index contributed by atoms with van der Waals surface area (Å²) in [5, 5.41) is 19.5. The molecule has 0 fully saturated rings. The summed E-state index contributed by atoms with van der Waals surface area (Å²) in [7, 11) is 0. The maximum Gasteiger partial charge on any atom is 0.272 e. The van der Waals surface area contributed by atoms with Crippen LogP contribution in [0.4, 0.5) is 5.69 Å². The first kappa shape index (κ1) is 14.1. The van der Waals surface area contributed by atoms with Crippen molar-refractivity contribution in [2.24, 2.45) is 0 Å².